The Labute approximate surface area is 101 Å². The van der Waals surface area contributed by atoms with Gasteiger partial charge in [0.15, 0.2) is 0 Å². The molecule has 1 aromatic carbocycles. The zero-order valence-electron chi connectivity index (χ0n) is 10.1. The fourth-order valence-electron chi connectivity index (χ4n) is 2.49. The van der Waals surface area contributed by atoms with Crippen molar-refractivity contribution in [2.75, 3.05) is 12.8 Å². The molecule has 1 saturated heterocycles. The van der Waals surface area contributed by atoms with E-state index in [1.807, 2.05) is 13.0 Å². The van der Waals surface area contributed by atoms with Gasteiger partial charge in [-0.05, 0) is 51.1 Å². The zero-order valence-corrected chi connectivity index (χ0v) is 10.9. The van der Waals surface area contributed by atoms with E-state index < -0.39 is 0 Å². The van der Waals surface area contributed by atoms with Gasteiger partial charge in [0.1, 0.15) is 5.75 Å². The van der Waals surface area contributed by atoms with E-state index in [0.717, 1.165) is 24.1 Å². The molecule has 2 rings (SSSR count). The Morgan fingerprint density at radius 2 is 2.19 bits per heavy atom. The third-order valence-corrected chi connectivity index (χ3v) is 4.26. The molecule has 1 unspecified atom stereocenters. The van der Waals surface area contributed by atoms with Crippen molar-refractivity contribution in [1.82, 2.24) is 5.32 Å². The number of thioether (sulfide) groups is 1. The Bertz CT molecular complexity index is 397. The molecule has 0 radical (unpaired) electrons. The molecule has 1 aliphatic rings. The summed E-state index contributed by atoms with van der Waals surface area (Å²) in [5.74, 6) is 0.462. The summed E-state index contributed by atoms with van der Waals surface area (Å²) in [7, 11) is 0. The summed E-state index contributed by atoms with van der Waals surface area (Å²) >= 11 is 1.70. The van der Waals surface area contributed by atoms with Crippen molar-refractivity contribution in [3.05, 3.63) is 23.3 Å². The fourth-order valence-corrected chi connectivity index (χ4v) is 3.22. The summed E-state index contributed by atoms with van der Waals surface area (Å²) < 4.78 is 0. The first-order valence-corrected chi connectivity index (χ1v) is 6.93. The highest BCUT2D eigenvalue weighted by molar-refractivity contribution is 7.98. The topological polar surface area (TPSA) is 32.3 Å². The minimum atomic E-state index is -0.0611. The third-order valence-electron chi connectivity index (χ3n) is 3.48. The first-order chi connectivity index (χ1) is 7.58. The van der Waals surface area contributed by atoms with Crippen molar-refractivity contribution < 1.29 is 5.11 Å². The molecule has 1 aromatic rings. The summed E-state index contributed by atoms with van der Waals surface area (Å²) in [5, 5.41) is 13.8. The molecule has 0 amide bonds. The second-order valence-corrected chi connectivity index (χ2v) is 5.52. The van der Waals surface area contributed by atoms with E-state index in [-0.39, 0.29) is 5.54 Å². The Kier molecular flexibility index (Phi) is 3.17. The molecule has 16 heavy (non-hydrogen) atoms. The van der Waals surface area contributed by atoms with E-state index in [2.05, 4.69) is 24.6 Å². The second-order valence-electron chi connectivity index (χ2n) is 4.67. The maximum atomic E-state index is 10.3. The number of hydrogen-bond donors (Lipinski definition) is 2. The van der Waals surface area contributed by atoms with Crippen LogP contribution in [-0.2, 0) is 5.54 Å². The number of benzene rings is 1. The van der Waals surface area contributed by atoms with Crippen LogP contribution < -0.4 is 5.32 Å². The van der Waals surface area contributed by atoms with E-state index in [9.17, 15) is 5.11 Å². The van der Waals surface area contributed by atoms with E-state index >= 15 is 0 Å². The van der Waals surface area contributed by atoms with Crippen molar-refractivity contribution in [3.8, 4) is 5.75 Å². The first-order valence-electron chi connectivity index (χ1n) is 5.70. The number of phenols is 1. The lowest BCUT2D eigenvalue weighted by atomic mass is 9.88. The van der Waals surface area contributed by atoms with Crippen molar-refractivity contribution in [1.29, 1.82) is 0 Å². The number of nitrogens with one attached hydrogen (secondary N) is 1. The van der Waals surface area contributed by atoms with Crippen LogP contribution in [0, 0.1) is 6.92 Å². The van der Waals surface area contributed by atoms with Gasteiger partial charge >= 0.3 is 0 Å². The highest BCUT2D eigenvalue weighted by atomic mass is 32.2. The number of rotatable bonds is 2. The molecule has 0 aliphatic carbocycles. The third kappa shape index (κ3) is 1.82. The first kappa shape index (κ1) is 11.8. The quantitative estimate of drug-likeness (QED) is 0.776. The molecule has 88 valence electrons. The molecular formula is C13H19NOS. The molecule has 2 N–H and O–H groups in total. The van der Waals surface area contributed by atoms with Crippen LogP contribution in [0.1, 0.15) is 30.9 Å². The normalized spacial score (nSPS) is 24.9. The summed E-state index contributed by atoms with van der Waals surface area (Å²) in [6.07, 6.45) is 4.33. The van der Waals surface area contributed by atoms with Crippen LogP contribution >= 0.6 is 11.8 Å². The standard InChI is InChI=1S/C13H19NOS/c1-9-5-6-10(16-3)11(12(9)15)13(2)7-4-8-14-13/h5-6,14-15H,4,7-8H2,1-3H3. The molecule has 0 saturated carbocycles. The minimum Gasteiger partial charge on any atom is -0.507 e. The van der Waals surface area contributed by atoms with Crippen molar-refractivity contribution in [3.63, 3.8) is 0 Å². The van der Waals surface area contributed by atoms with Crippen molar-refractivity contribution in [2.45, 2.75) is 37.1 Å². The zero-order chi connectivity index (χ0) is 11.8. The molecule has 0 aromatic heterocycles. The molecule has 0 bridgehead atoms. The Hall–Kier alpha value is -0.670. The number of phenolic OH excluding ortho intramolecular Hbond substituents is 1. The molecule has 1 heterocycles. The molecule has 1 atom stereocenters. The van der Waals surface area contributed by atoms with E-state index in [4.69, 9.17) is 0 Å². The van der Waals surface area contributed by atoms with Gasteiger partial charge in [0.2, 0.25) is 0 Å². The van der Waals surface area contributed by atoms with Gasteiger partial charge in [0.05, 0.1) is 0 Å². The number of hydrogen-bond acceptors (Lipinski definition) is 3. The predicted molar refractivity (Wildman–Crippen MR) is 69.2 cm³/mol. The summed E-state index contributed by atoms with van der Waals surface area (Å²) in [5.41, 5.74) is 1.98. The monoisotopic (exact) mass is 237 g/mol. The maximum Gasteiger partial charge on any atom is 0.124 e. The highest BCUT2D eigenvalue weighted by Gasteiger charge is 2.34. The van der Waals surface area contributed by atoms with E-state index in [1.165, 1.54) is 11.3 Å². The second kappa shape index (κ2) is 4.30. The molecule has 3 heteroatoms. The van der Waals surface area contributed by atoms with E-state index in [0.29, 0.717) is 5.75 Å². The number of aryl methyl sites for hydroxylation is 1. The Morgan fingerprint density at radius 1 is 1.44 bits per heavy atom. The lowest BCUT2D eigenvalue weighted by Crippen LogP contribution is -2.33. The van der Waals surface area contributed by atoms with Gasteiger partial charge in [0, 0.05) is 16.0 Å². The van der Waals surface area contributed by atoms with Crippen LogP contribution in [0.3, 0.4) is 0 Å². The molecular weight excluding hydrogens is 218 g/mol. The predicted octanol–water partition coefficient (Wildman–Crippen LogP) is 3.02. The van der Waals surface area contributed by atoms with Gasteiger partial charge in [-0.1, -0.05) is 6.07 Å². The van der Waals surface area contributed by atoms with Crippen LogP contribution in [0.5, 0.6) is 5.75 Å². The summed E-state index contributed by atoms with van der Waals surface area (Å²) in [6, 6.07) is 4.10. The average Bonchev–Trinajstić information content (AvgIpc) is 2.69. The highest BCUT2D eigenvalue weighted by Crippen LogP contribution is 2.42. The fraction of sp³-hybridized carbons (Fsp3) is 0.538. The summed E-state index contributed by atoms with van der Waals surface area (Å²) in [6.45, 7) is 5.19. The SMILES string of the molecule is CSc1ccc(C)c(O)c1C1(C)CCCN1. The van der Waals surface area contributed by atoms with Gasteiger partial charge in [-0.15, -0.1) is 11.8 Å². The smallest absolute Gasteiger partial charge is 0.124 e. The van der Waals surface area contributed by atoms with Crippen molar-refractivity contribution in [2.24, 2.45) is 0 Å². The van der Waals surface area contributed by atoms with Crippen LogP contribution in [-0.4, -0.2) is 17.9 Å². The van der Waals surface area contributed by atoms with Gasteiger partial charge < -0.3 is 10.4 Å². The van der Waals surface area contributed by atoms with Gasteiger partial charge in [0.25, 0.3) is 0 Å². The lowest BCUT2D eigenvalue weighted by Gasteiger charge is -2.28. The minimum absolute atomic E-state index is 0.0611. The Balaban J connectivity index is 2.56. The van der Waals surface area contributed by atoms with E-state index in [1.54, 1.807) is 11.8 Å². The van der Waals surface area contributed by atoms with Crippen LogP contribution in [0.4, 0.5) is 0 Å². The largest absolute Gasteiger partial charge is 0.507 e. The molecule has 1 aliphatic heterocycles. The van der Waals surface area contributed by atoms with Gasteiger partial charge in [-0.2, -0.15) is 0 Å². The summed E-state index contributed by atoms with van der Waals surface area (Å²) in [4.78, 5) is 1.18. The molecule has 2 nitrogen and oxygen atoms in total. The molecule has 1 fully saturated rings. The van der Waals surface area contributed by atoms with Gasteiger partial charge in [-0.3, -0.25) is 0 Å². The van der Waals surface area contributed by atoms with Crippen LogP contribution in [0.25, 0.3) is 0 Å². The average molecular weight is 237 g/mol. The molecule has 0 spiro atoms. The van der Waals surface area contributed by atoms with Gasteiger partial charge in [-0.25, -0.2) is 0 Å². The van der Waals surface area contributed by atoms with Crippen molar-refractivity contribution >= 4 is 11.8 Å². The van der Waals surface area contributed by atoms with Crippen LogP contribution in [0.15, 0.2) is 17.0 Å². The maximum absolute atomic E-state index is 10.3. The number of aromatic hydroxyl groups is 1. The lowest BCUT2D eigenvalue weighted by molar-refractivity contribution is 0.385. The van der Waals surface area contributed by atoms with Crippen LogP contribution in [0.2, 0.25) is 0 Å². The Morgan fingerprint density at radius 3 is 2.75 bits per heavy atom.